The number of aliphatic hydroxyl groups excluding tert-OH is 1. The summed E-state index contributed by atoms with van der Waals surface area (Å²) in [4.78, 5) is 8.74. The first-order valence-electron chi connectivity index (χ1n) is 7.15. The average Bonchev–Trinajstić information content (AvgIpc) is 2.91. The van der Waals surface area contributed by atoms with Crippen molar-refractivity contribution in [2.24, 2.45) is 0 Å². The molecule has 0 saturated heterocycles. The highest BCUT2D eigenvalue weighted by Gasteiger charge is 2.15. The molecule has 0 aliphatic heterocycles. The van der Waals surface area contributed by atoms with Gasteiger partial charge in [-0.3, -0.25) is 0 Å². The minimum Gasteiger partial charge on any atom is -0.388 e. The van der Waals surface area contributed by atoms with Crippen molar-refractivity contribution in [2.75, 3.05) is 0 Å². The normalized spacial score (nSPS) is 11.2. The van der Waals surface area contributed by atoms with E-state index in [0.29, 0.717) is 5.82 Å². The number of nitrogens with zero attached hydrogens (tertiary/aromatic N) is 5. The summed E-state index contributed by atoms with van der Waals surface area (Å²) in [5.41, 5.74) is 2.07. The van der Waals surface area contributed by atoms with Gasteiger partial charge in [0, 0.05) is 11.9 Å². The van der Waals surface area contributed by atoms with E-state index in [9.17, 15) is 5.11 Å². The molecule has 0 aliphatic carbocycles. The monoisotopic (exact) mass is 315 g/mol. The van der Waals surface area contributed by atoms with Crippen molar-refractivity contribution in [3.05, 3.63) is 35.9 Å². The highest BCUT2D eigenvalue weighted by Crippen LogP contribution is 2.31. The summed E-state index contributed by atoms with van der Waals surface area (Å²) in [6.45, 7) is 4.77. The molecule has 1 N–H and O–H groups in total. The van der Waals surface area contributed by atoms with Crippen LogP contribution in [0.4, 0.5) is 0 Å². The molecule has 2 heterocycles. The third kappa shape index (κ3) is 2.69. The number of para-hydroxylation sites is 1. The van der Waals surface area contributed by atoms with E-state index in [0.717, 1.165) is 39.6 Å². The van der Waals surface area contributed by atoms with Gasteiger partial charge in [-0.1, -0.05) is 25.1 Å². The van der Waals surface area contributed by atoms with E-state index in [2.05, 4.69) is 27.1 Å². The van der Waals surface area contributed by atoms with Gasteiger partial charge < -0.3 is 9.67 Å². The second-order valence-electron chi connectivity index (χ2n) is 4.96. The Hall–Kier alpha value is -1.99. The molecule has 0 atom stereocenters. The van der Waals surface area contributed by atoms with Crippen LogP contribution in [-0.2, 0) is 13.2 Å². The SMILES string of the molecule is CCCn1c(CO)nnc1Sc1ncnc2c(C)cccc12. The van der Waals surface area contributed by atoms with E-state index in [4.69, 9.17) is 0 Å². The zero-order valence-corrected chi connectivity index (χ0v) is 13.3. The lowest BCUT2D eigenvalue weighted by molar-refractivity contribution is 0.263. The van der Waals surface area contributed by atoms with Gasteiger partial charge in [0.05, 0.1) is 5.52 Å². The molecule has 0 saturated carbocycles. The quantitative estimate of drug-likeness (QED) is 0.729. The van der Waals surface area contributed by atoms with Crippen LogP contribution >= 0.6 is 11.8 Å². The van der Waals surface area contributed by atoms with Crippen LogP contribution in [-0.4, -0.2) is 29.8 Å². The molecule has 0 aliphatic rings. The highest BCUT2D eigenvalue weighted by atomic mass is 32.2. The van der Waals surface area contributed by atoms with Crippen LogP contribution in [0.2, 0.25) is 0 Å². The molecular formula is C15H17N5OS. The molecule has 3 aromatic rings. The molecule has 0 fully saturated rings. The van der Waals surface area contributed by atoms with Gasteiger partial charge in [-0.15, -0.1) is 10.2 Å². The van der Waals surface area contributed by atoms with Crippen LogP contribution in [0.1, 0.15) is 24.7 Å². The van der Waals surface area contributed by atoms with Gasteiger partial charge in [0.2, 0.25) is 0 Å². The Bertz CT molecular complexity index is 802. The van der Waals surface area contributed by atoms with Crippen LogP contribution in [0.25, 0.3) is 10.9 Å². The second-order valence-corrected chi connectivity index (χ2v) is 5.92. The molecule has 3 rings (SSSR count). The minimum atomic E-state index is -0.114. The smallest absolute Gasteiger partial charge is 0.197 e. The van der Waals surface area contributed by atoms with Crippen molar-refractivity contribution in [1.29, 1.82) is 0 Å². The van der Waals surface area contributed by atoms with Crippen LogP contribution in [0, 0.1) is 6.92 Å². The standard InChI is InChI=1S/C15H17N5OS/c1-3-7-20-12(8-21)18-19-15(20)22-14-11-6-4-5-10(2)13(11)16-9-17-14/h4-6,9,21H,3,7-8H2,1-2H3. The summed E-state index contributed by atoms with van der Waals surface area (Å²) >= 11 is 1.46. The maximum absolute atomic E-state index is 9.37. The van der Waals surface area contributed by atoms with E-state index < -0.39 is 0 Å². The van der Waals surface area contributed by atoms with Gasteiger partial charge >= 0.3 is 0 Å². The Kier molecular flexibility index (Phi) is 4.35. The lowest BCUT2D eigenvalue weighted by atomic mass is 10.1. The first-order chi connectivity index (χ1) is 10.7. The van der Waals surface area contributed by atoms with Crippen molar-refractivity contribution < 1.29 is 5.11 Å². The number of aryl methyl sites for hydroxylation is 1. The minimum absolute atomic E-state index is 0.114. The Morgan fingerprint density at radius 1 is 1.23 bits per heavy atom. The summed E-state index contributed by atoms with van der Waals surface area (Å²) in [7, 11) is 0. The van der Waals surface area contributed by atoms with Crippen LogP contribution in [0.5, 0.6) is 0 Å². The fourth-order valence-corrected chi connectivity index (χ4v) is 3.27. The molecule has 114 valence electrons. The first kappa shape index (κ1) is 14.9. The summed E-state index contributed by atoms with van der Waals surface area (Å²) in [6, 6.07) is 6.05. The second kappa shape index (κ2) is 6.41. The first-order valence-corrected chi connectivity index (χ1v) is 7.97. The maximum atomic E-state index is 9.37. The molecule has 0 radical (unpaired) electrons. The highest BCUT2D eigenvalue weighted by molar-refractivity contribution is 7.99. The predicted octanol–water partition coefficient (Wildman–Crippen LogP) is 2.58. The third-order valence-corrected chi connectivity index (χ3v) is 4.40. The largest absolute Gasteiger partial charge is 0.388 e. The Labute approximate surface area is 132 Å². The van der Waals surface area contributed by atoms with Crippen molar-refractivity contribution in [2.45, 2.75) is 43.6 Å². The lowest BCUT2D eigenvalue weighted by Crippen LogP contribution is -2.04. The van der Waals surface area contributed by atoms with Gasteiger partial charge in [-0.25, -0.2) is 9.97 Å². The van der Waals surface area contributed by atoms with Crippen molar-refractivity contribution in [1.82, 2.24) is 24.7 Å². The van der Waals surface area contributed by atoms with E-state index in [1.807, 2.05) is 29.7 Å². The summed E-state index contributed by atoms with van der Waals surface area (Å²) < 4.78 is 1.94. The molecular weight excluding hydrogens is 298 g/mol. The molecule has 1 aromatic carbocycles. The number of hydrogen-bond acceptors (Lipinski definition) is 6. The Morgan fingerprint density at radius 3 is 2.86 bits per heavy atom. The Morgan fingerprint density at radius 2 is 2.09 bits per heavy atom. The van der Waals surface area contributed by atoms with Crippen LogP contribution < -0.4 is 0 Å². The molecule has 22 heavy (non-hydrogen) atoms. The van der Waals surface area contributed by atoms with Crippen molar-refractivity contribution in [3.63, 3.8) is 0 Å². The zero-order valence-electron chi connectivity index (χ0n) is 12.5. The lowest BCUT2D eigenvalue weighted by Gasteiger charge is -2.08. The summed E-state index contributed by atoms with van der Waals surface area (Å²) in [6.07, 6.45) is 2.52. The molecule has 0 unspecified atom stereocenters. The zero-order chi connectivity index (χ0) is 15.5. The van der Waals surface area contributed by atoms with Gasteiger partial charge in [-0.05, 0) is 30.7 Å². The van der Waals surface area contributed by atoms with Crippen LogP contribution in [0.15, 0.2) is 34.7 Å². The average molecular weight is 315 g/mol. The number of rotatable bonds is 5. The molecule has 6 nitrogen and oxygen atoms in total. The molecule has 0 bridgehead atoms. The number of hydrogen-bond donors (Lipinski definition) is 1. The van der Waals surface area contributed by atoms with Crippen molar-refractivity contribution >= 4 is 22.7 Å². The third-order valence-electron chi connectivity index (χ3n) is 3.40. The van der Waals surface area contributed by atoms with Crippen LogP contribution in [0.3, 0.4) is 0 Å². The fraction of sp³-hybridized carbons (Fsp3) is 0.333. The van der Waals surface area contributed by atoms with Gasteiger partial charge in [0.1, 0.15) is 18.0 Å². The number of benzene rings is 1. The number of aliphatic hydroxyl groups is 1. The summed E-state index contributed by atoms with van der Waals surface area (Å²) in [5, 5.41) is 20.2. The number of aromatic nitrogens is 5. The fourth-order valence-electron chi connectivity index (χ4n) is 2.34. The Balaban J connectivity index is 2.04. The van der Waals surface area contributed by atoms with Gasteiger partial charge in [0.15, 0.2) is 11.0 Å². The molecule has 7 heteroatoms. The summed E-state index contributed by atoms with van der Waals surface area (Å²) in [5.74, 6) is 0.582. The van der Waals surface area contributed by atoms with Crippen molar-refractivity contribution in [3.8, 4) is 0 Å². The topological polar surface area (TPSA) is 76.7 Å². The number of fused-ring (bicyclic) bond motifs is 1. The van der Waals surface area contributed by atoms with E-state index in [1.165, 1.54) is 11.8 Å². The van der Waals surface area contributed by atoms with E-state index in [1.54, 1.807) is 6.33 Å². The molecule has 0 spiro atoms. The van der Waals surface area contributed by atoms with E-state index in [-0.39, 0.29) is 6.61 Å². The molecule has 0 amide bonds. The van der Waals surface area contributed by atoms with Gasteiger partial charge in [-0.2, -0.15) is 0 Å². The van der Waals surface area contributed by atoms with Gasteiger partial charge in [0.25, 0.3) is 0 Å². The molecule has 2 aromatic heterocycles. The maximum Gasteiger partial charge on any atom is 0.197 e. The predicted molar refractivity (Wildman–Crippen MR) is 84.6 cm³/mol. The van der Waals surface area contributed by atoms with E-state index >= 15 is 0 Å².